The van der Waals surface area contributed by atoms with Gasteiger partial charge in [0.25, 0.3) is 0 Å². The molecule has 13 heteroatoms. The molecule has 0 radical (unpaired) electrons. The smallest absolute Gasteiger partial charge is 0.407 e. The van der Waals surface area contributed by atoms with Crippen LogP contribution in [0.5, 0.6) is 11.5 Å². The third kappa shape index (κ3) is 10.2. The molecule has 2 heterocycles. The second kappa shape index (κ2) is 14.7. The summed E-state index contributed by atoms with van der Waals surface area (Å²) in [6.07, 6.45) is 4.68. The Labute approximate surface area is 256 Å². The molecule has 0 saturated heterocycles. The SMILES string of the molecule is CSC(Cc1cc(F)c(Oc2ccnc3c2c(Cl)cn3COCC[Si](C)(C)C)c(F)c1)=NCCNC(=O)OC(C)(C)C. The van der Waals surface area contributed by atoms with Crippen LogP contribution in [-0.2, 0) is 22.6 Å². The fourth-order valence-electron chi connectivity index (χ4n) is 3.81. The Balaban J connectivity index is 1.69. The normalized spacial score (nSPS) is 12.6. The molecule has 1 amide bonds. The molecule has 0 aliphatic carbocycles. The lowest BCUT2D eigenvalue weighted by Crippen LogP contribution is -2.33. The van der Waals surface area contributed by atoms with Gasteiger partial charge in [0, 0.05) is 40.0 Å². The lowest BCUT2D eigenvalue weighted by atomic mass is 10.1. The van der Waals surface area contributed by atoms with Gasteiger partial charge >= 0.3 is 6.09 Å². The third-order valence-corrected chi connectivity index (χ3v) is 8.56. The van der Waals surface area contributed by atoms with E-state index >= 15 is 8.78 Å². The molecule has 0 saturated carbocycles. The zero-order valence-electron chi connectivity index (χ0n) is 25.1. The van der Waals surface area contributed by atoms with Gasteiger partial charge in [-0.15, -0.1) is 11.8 Å². The molecule has 0 bridgehead atoms. The van der Waals surface area contributed by atoms with E-state index in [0.717, 1.165) is 6.04 Å². The molecule has 0 spiro atoms. The van der Waals surface area contributed by atoms with Crippen molar-refractivity contribution in [2.24, 2.45) is 4.99 Å². The van der Waals surface area contributed by atoms with Crippen molar-refractivity contribution in [2.75, 3.05) is 26.0 Å². The average Bonchev–Trinajstić information content (AvgIpc) is 3.20. The lowest BCUT2D eigenvalue weighted by molar-refractivity contribution is 0.0529. The third-order valence-electron chi connectivity index (χ3n) is 5.83. The molecule has 230 valence electrons. The highest BCUT2D eigenvalue weighted by atomic mass is 35.5. The zero-order chi connectivity index (χ0) is 31.1. The number of carbonyl (C=O) groups is 1. The van der Waals surface area contributed by atoms with Crippen LogP contribution in [-0.4, -0.2) is 60.3 Å². The first kappa shape index (κ1) is 33.8. The average molecular weight is 641 g/mol. The van der Waals surface area contributed by atoms with Crippen molar-refractivity contribution < 1.29 is 27.8 Å². The van der Waals surface area contributed by atoms with Crippen LogP contribution in [0.4, 0.5) is 13.6 Å². The second-order valence-corrected chi connectivity index (χ2v) is 18.8. The zero-order valence-corrected chi connectivity index (χ0v) is 27.7. The summed E-state index contributed by atoms with van der Waals surface area (Å²) >= 11 is 7.85. The van der Waals surface area contributed by atoms with Gasteiger partial charge in [-0.3, -0.25) is 4.99 Å². The van der Waals surface area contributed by atoms with Crippen molar-refractivity contribution in [3.63, 3.8) is 0 Å². The molecule has 0 aliphatic rings. The predicted octanol–water partition coefficient (Wildman–Crippen LogP) is 7.90. The largest absolute Gasteiger partial charge is 0.450 e. The highest BCUT2D eigenvalue weighted by Crippen LogP contribution is 2.37. The Hall–Kier alpha value is -2.67. The fourth-order valence-corrected chi connectivity index (χ4v) is 5.39. The van der Waals surface area contributed by atoms with E-state index in [4.69, 9.17) is 25.8 Å². The second-order valence-electron chi connectivity index (χ2n) is 11.9. The van der Waals surface area contributed by atoms with Crippen molar-refractivity contribution >= 4 is 53.6 Å². The minimum absolute atomic E-state index is 0.181. The summed E-state index contributed by atoms with van der Waals surface area (Å²) in [6, 6.07) is 4.98. The number of alkyl carbamates (subject to hydrolysis) is 1. The molecular formula is C29H39ClF2N4O4SSi. The van der Waals surface area contributed by atoms with E-state index in [1.165, 1.54) is 36.2 Å². The highest BCUT2D eigenvalue weighted by Gasteiger charge is 2.20. The number of fused-ring (bicyclic) bond motifs is 1. The van der Waals surface area contributed by atoms with Gasteiger partial charge in [0.15, 0.2) is 17.4 Å². The van der Waals surface area contributed by atoms with Gasteiger partial charge in [0.05, 0.1) is 22.0 Å². The van der Waals surface area contributed by atoms with Gasteiger partial charge in [-0.05, 0) is 56.8 Å². The number of hydrogen-bond donors (Lipinski definition) is 1. The van der Waals surface area contributed by atoms with Gasteiger partial charge in [-0.1, -0.05) is 31.2 Å². The molecule has 0 atom stereocenters. The van der Waals surface area contributed by atoms with Gasteiger partial charge in [0.1, 0.15) is 23.7 Å². The number of thioether (sulfide) groups is 1. The first-order valence-corrected chi connectivity index (χ1v) is 18.9. The van der Waals surface area contributed by atoms with Crippen LogP contribution in [0, 0.1) is 11.6 Å². The minimum Gasteiger partial charge on any atom is -0.450 e. The van der Waals surface area contributed by atoms with Crippen LogP contribution in [0.25, 0.3) is 11.0 Å². The predicted molar refractivity (Wildman–Crippen MR) is 169 cm³/mol. The monoisotopic (exact) mass is 640 g/mol. The molecule has 8 nitrogen and oxygen atoms in total. The summed E-state index contributed by atoms with van der Waals surface area (Å²) in [4.78, 5) is 20.6. The number of nitrogens with zero attached hydrogens (tertiary/aromatic N) is 3. The standard InChI is InChI=1S/C29H39ClF2N4O4SSi/c1-29(2,3)40-28(37)35-11-10-33-24(41-4)16-19-14-21(31)26(22(32)15-19)39-23-8-9-34-27-25(23)20(30)17-36(27)18-38-12-13-42(5,6)7/h8-9,14-15,17H,10-13,16,18H2,1-7H3,(H,35,37). The van der Waals surface area contributed by atoms with Crippen LogP contribution in [0.2, 0.25) is 30.7 Å². The molecule has 0 fully saturated rings. The molecule has 3 rings (SSSR count). The van der Waals surface area contributed by atoms with Crippen LogP contribution in [0.3, 0.4) is 0 Å². The quantitative estimate of drug-likeness (QED) is 0.0937. The Morgan fingerprint density at radius 2 is 1.90 bits per heavy atom. The van der Waals surface area contributed by atoms with Crippen molar-refractivity contribution in [3.05, 3.63) is 52.8 Å². The number of carbonyl (C=O) groups excluding carboxylic acids is 1. The maximum atomic E-state index is 15.1. The summed E-state index contributed by atoms with van der Waals surface area (Å²) in [7, 11) is -1.23. The number of halogens is 3. The van der Waals surface area contributed by atoms with E-state index in [1.807, 2.05) is 6.26 Å². The Kier molecular flexibility index (Phi) is 11.8. The molecule has 0 unspecified atom stereocenters. The lowest BCUT2D eigenvalue weighted by Gasteiger charge is -2.19. The number of aliphatic imine (C=N–C) groups is 1. The Morgan fingerprint density at radius 3 is 2.52 bits per heavy atom. The molecule has 2 aromatic heterocycles. The number of benzene rings is 1. The van der Waals surface area contributed by atoms with E-state index in [1.54, 1.807) is 31.5 Å². The maximum absolute atomic E-state index is 15.1. The van der Waals surface area contributed by atoms with Crippen molar-refractivity contribution in [1.29, 1.82) is 0 Å². The fraction of sp³-hybridized carbons (Fsp3) is 0.483. The number of amides is 1. The van der Waals surface area contributed by atoms with Crippen LogP contribution >= 0.6 is 23.4 Å². The van der Waals surface area contributed by atoms with Gasteiger partial charge in [0.2, 0.25) is 0 Å². The molecule has 0 aliphatic heterocycles. The van der Waals surface area contributed by atoms with Crippen molar-refractivity contribution in [3.8, 4) is 11.5 Å². The summed E-state index contributed by atoms with van der Waals surface area (Å²) in [5, 5.41) is 4.06. The van der Waals surface area contributed by atoms with Gasteiger partial charge in [-0.25, -0.2) is 18.6 Å². The molecular weight excluding hydrogens is 602 g/mol. The summed E-state index contributed by atoms with van der Waals surface area (Å²) in [5.41, 5.74) is 0.291. The number of rotatable bonds is 12. The summed E-state index contributed by atoms with van der Waals surface area (Å²) in [5.74, 6) is -2.06. The summed E-state index contributed by atoms with van der Waals surface area (Å²) < 4.78 is 48.8. The van der Waals surface area contributed by atoms with Crippen LogP contribution in [0.15, 0.2) is 35.6 Å². The van der Waals surface area contributed by atoms with Crippen molar-refractivity contribution in [2.45, 2.75) is 65.2 Å². The van der Waals surface area contributed by atoms with Crippen LogP contribution < -0.4 is 10.1 Å². The Morgan fingerprint density at radius 1 is 1.21 bits per heavy atom. The van der Waals surface area contributed by atoms with Crippen molar-refractivity contribution in [1.82, 2.24) is 14.9 Å². The van der Waals surface area contributed by atoms with E-state index in [0.29, 0.717) is 39.8 Å². The molecule has 1 N–H and O–H groups in total. The first-order chi connectivity index (χ1) is 19.7. The number of nitrogens with one attached hydrogen (secondary N) is 1. The van der Waals surface area contributed by atoms with Crippen LogP contribution in [0.1, 0.15) is 26.3 Å². The molecule has 1 aromatic carbocycles. The van der Waals surface area contributed by atoms with E-state index in [-0.39, 0.29) is 25.4 Å². The van der Waals surface area contributed by atoms with E-state index in [9.17, 15) is 4.79 Å². The minimum atomic E-state index is -1.23. The topological polar surface area (TPSA) is 87.0 Å². The number of pyridine rings is 1. The maximum Gasteiger partial charge on any atom is 0.407 e. The van der Waals surface area contributed by atoms with E-state index < -0.39 is 37.2 Å². The van der Waals surface area contributed by atoms with E-state index in [2.05, 4.69) is 34.9 Å². The number of ether oxygens (including phenoxy) is 3. The molecule has 3 aromatic rings. The highest BCUT2D eigenvalue weighted by molar-refractivity contribution is 8.13. The molecule has 42 heavy (non-hydrogen) atoms. The van der Waals surface area contributed by atoms with Gasteiger partial charge < -0.3 is 24.1 Å². The Bertz CT molecular complexity index is 1400. The number of aromatic nitrogens is 2. The first-order valence-electron chi connectivity index (χ1n) is 13.6. The number of hydrogen-bond acceptors (Lipinski definition) is 7. The van der Waals surface area contributed by atoms with Gasteiger partial charge in [-0.2, -0.15) is 0 Å². The summed E-state index contributed by atoms with van der Waals surface area (Å²) in [6.45, 7) is 13.6.